The van der Waals surface area contributed by atoms with Gasteiger partial charge >= 0.3 is 0 Å². The Hall–Kier alpha value is -1.35. The molecule has 0 fully saturated rings. The molecule has 0 saturated carbocycles. The lowest BCUT2D eigenvalue weighted by Gasteiger charge is -2.12. The standard InChI is InChI=1S/C13H19NO2/c1-4-10-5-6-12(16-3)11(7-10)13(15)9(2)8-14/h5-7,9H,4,8,14H2,1-3H3. The van der Waals surface area contributed by atoms with E-state index in [1.165, 1.54) is 0 Å². The van der Waals surface area contributed by atoms with Crippen molar-refractivity contribution in [2.24, 2.45) is 11.7 Å². The second-order valence-corrected chi connectivity index (χ2v) is 3.89. The van der Waals surface area contributed by atoms with E-state index in [4.69, 9.17) is 10.5 Å². The minimum atomic E-state index is -0.166. The predicted molar refractivity (Wildman–Crippen MR) is 64.9 cm³/mol. The summed E-state index contributed by atoms with van der Waals surface area (Å²) in [6, 6.07) is 5.71. The third kappa shape index (κ3) is 2.61. The van der Waals surface area contributed by atoms with Crippen LogP contribution in [0.2, 0.25) is 0 Å². The van der Waals surface area contributed by atoms with Gasteiger partial charge in [-0.25, -0.2) is 0 Å². The van der Waals surface area contributed by atoms with Crippen molar-refractivity contribution in [3.8, 4) is 5.75 Å². The van der Waals surface area contributed by atoms with Crippen molar-refractivity contribution >= 4 is 5.78 Å². The number of benzene rings is 1. The van der Waals surface area contributed by atoms with E-state index in [-0.39, 0.29) is 11.7 Å². The normalized spacial score (nSPS) is 12.2. The maximum atomic E-state index is 12.1. The molecule has 0 spiro atoms. The molecule has 3 nitrogen and oxygen atoms in total. The van der Waals surface area contributed by atoms with Crippen LogP contribution in [0.4, 0.5) is 0 Å². The number of carbonyl (C=O) groups excluding carboxylic acids is 1. The molecule has 1 rings (SSSR count). The van der Waals surface area contributed by atoms with Crippen molar-refractivity contribution < 1.29 is 9.53 Å². The van der Waals surface area contributed by atoms with Gasteiger partial charge in [0.25, 0.3) is 0 Å². The average Bonchev–Trinajstić information content (AvgIpc) is 2.35. The average molecular weight is 221 g/mol. The van der Waals surface area contributed by atoms with Gasteiger partial charge in [0.15, 0.2) is 5.78 Å². The fraction of sp³-hybridized carbons (Fsp3) is 0.462. The highest BCUT2D eigenvalue weighted by Gasteiger charge is 2.18. The van der Waals surface area contributed by atoms with Gasteiger partial charge in [-0.15, -0.1) is 0 Å². The number of methoxy groups -OCH3 is 1. The fourth-order valence-corrected chi connectivity index (χ4v) is 1.54. The summed E-state index contributed by atoms with van der Waals surface area (Å²) in [5, 5.41) is 0. The van der Waals surface area contributed by atoms with E-state index in [1.807, 2.05) is 25.1 Å². The van der Waals surface area contributed by atoms with Crippen LogP contribution >= 0.6 is 0 Å². The van der Waals surface area contributed by atoms with Gasteiger partial charge in [-0.3, -0.25) is 4.79 Å². The summed E-state index contributed by atoms with van der Waals surface area (Å²) in [5.74, 6) is 0.512. The number of carbonyl (C=O) groups is 1. The van der Waals surface area contributed by atoms with Crippen LogP contribution in [-0.2, 0) is 6.42 Å². The Kier molecular flexibility index (Phi) is 4.50. The van der Waals surface area contributed by atoms with Crippen LogP contribution in [0, 0.1) is 5.92 Å². The topological polar surface area (TPSA) is 52.3 Å². The van der Waals surface area contributed by atoms with Crippen molar-refractivity contribution in [2.45, 2.75) is 20.3 Å². The molecule has 1 aromatic carbocycles. The van der Waals surface area contributed by atoms with Gasteiger partial charge in [-0.1, -0.05) is 19.9 Å². The maximum Gasteiger partial charge on any atom is 0.170 e. The predicted octanol–water partition coefficient (Wildman–Crippen LogP) is 2.04. The molecule has 0 aliphatic heterocycles. The molecule has 0 saturated heterocycles. The first-order chi connectivity index (χ1) is 7.63. The van der Waals surface area contributed by atoms with Gasteiger partial charge in [0, 0.05) is 12.5 Å². The molecular formula is C13H19NO2. The van der Waals surface area contributed by atoms with Crippen molar-refractivity contribution in [1.82, 2.24) is 0 Å². The first-order valence-corrected chi connectivity index (χ1v) is 5.55. The first-order valence-electron chi connectivity index (χ1n) is 5.55. The molecule has 3 heteroatoms. The molecule has 0 aliphatic rings. The molecule has 1 aromatic rings. The van der Waals surface area contributed by atoms with Crippen molar-refractivity contribution in [3.63, 3.8) is 0 Å². The molecular weight excluding hydrogens is 202 g/mol. The summed E-state index contributed by atoms with van der Waals surface area (Å²) < 4.78 is 5.20. The van der Waals surface area contributed by atoms with Crippen LogP contribution in [-0.4, -0.2) is 19.4 Å². The number of rotatable bonds is 5. The third-order valence-corrected chi connectivity index (χ3v) is 2.74. The Balaban J connectivity index is 3.13. The Labute approximate surface area is 96.6 Å². The number of hydrogen-bond donors (Lipinski definition) is 1. The zero-order valence-electron chi connectivity index (χ0n) is 10.1. The SMILES string of the molecule is CCc1ccc(OC)c(C(=O)C(C)CN)c1. The minimum absolute atomic E-state index is 0.0506. The summed E-state index contributed by atoms with van der Waals surface area (Å²) in [5.41, 5.74) is 7.28. The van der Waals surface area contributed by atoms with Gasteiger partial charge in [0.1, 0.15) is 5.75 Å². The molecule has 16 heavy (non-hydrogen) atoms. The summed E-state index contributed by atoms with van der Waals surface area (Å²) >= 11 is 0. The Morgan fingerprint density at radius 2 is 2.19 bits per heavy atom. The molecule has 0 heterocycles. The number of ether oxygens (including phenoxy) is 1. The molecule has 2 N–H and O–H groups in total. The van der Waals surface area contributed by atoms with Gasteiger partial charge in [0.2, 0.25) is 0 Å². The van der Waals surface area contributed by atoms with E-state index in [1.54, 1.807) is 7.11 Å². The second-order valence-electron chi connectivity index (χ2n) is 3.89. The van der Waals surface area contributed by atoms with E-state index >= 15 is 0 Å². The molecule has 0 radical (unpaired) electrons. The summed E-state index contributed by atoms with van der Waals surface area (Å²) in [6.45, 7) is 4.25. The van der Waals surface area contributed by atoms with E-state index in [2.05, 4.69) is 6.92 Å². The van der Waals surface area contributed by atoms with Crippen molar-refractivity contribution in [2.75, 3.05) is 13.7 Å². The monoisotopic (exact) mass is 221 g/mol. The van der Waals surface area contributed by atoms with E-state index in [0.29, 0.717) is 17.9 Å². The molecule has 1 atom stereocenters. The fourth-order valence-electron chi connectivity index (χ4n) is 1.54. The van der Waals surface area contributed by atoms with Crippen LogP contribution in [0.5, 0.6) is 5.75 Å². The zero-order valence-corrected chi connectivity index (χ0v) is 10.1. The zero-order chi connectivity index (χ0) is 12.1. The van der Waals surface area contributed by atoms with Crippen LogP contribution < -0.4 is 10.5 Å². The lowest BCUT2D eigenvalue weighted by Crippen LogP contribution is -2.21. The van der Waals surface area contributed by atoms with Crippen LogP contribution in [0.1, 0.15) is 29.8 Å². The van der Waals surface area contributed by atoms with Gasteiger partial charge in [-0.2, -0.15) is 0 Å². The second kappa shape index (κ2) is 5.66. The van der Waals surface area contributed by atoms with Crippen LogP contribution in [0.15, 0.2) is 18.2 Å². The Bertz CT molecular complexity index is 374. The molecule has 0 amide bonds. The largest absolute Gasteiger partial charge is 0.496 e. The summed E-state index contributed by atoms with van der Waals surface area (Å²) in [4.78, 5) is 12.1. The lowest BCUT2D eigenvalue weighted by molar-refractivity contribution is 0.0931. The van der Waals surface area contributed by atoms with Gasteiger partial charge in [-0.05, 0) is 24.1 Å². The van der Waals surface area contributed by atoms with Crippen molar-refractivity contribution in [1.29, 1.82) is 0 Å². The van der Waals surface area contributed by atoms with Crippen LogP contribution in [0.25, 0.3) is 0 Å². The van der Waals surface area contributed by atoms with Gasteiger partial charge < -0.3 is 10.5 Å². The summed E-state index contributed by atoms with van der Waals surface area (Å²) in [7, 11) is 1.57. The van der Waals surface area contributed by atoms with E-state index in [0.717, 1.165) is 12.0 Å². The van der Waals surface area contributed by atoms with Crippen molar-refractivity contribution in [3.05, 3.63) is 29.3 Å². The molecule has 0 aromatic heterocycles. The molecule has 0 aliphatic carbocycles. The number of hydrogen-bond acceptors (Lipinski definition) is 3. The highest BCUT2D eigenvalue weighted by molar-refractivity contribution is 6.00. The summed E-state index contributed by atoms with van der Waals surface area (Å²) in [6.07, 6.45) is 0.904. The smallest absolute Gasteiger partial charge is 0.170 e. The highest BCUT2D eigenvalue weighted by Crippen LogP contribution is 2.23. The lowest BCUT2D eigenvalue weighted by atomic mass is 9.96. The van der Waals surface area contributed by atoms with Crippen LogP contribution in [0.3, 0.4) is 0 Å². The number of Topliss-reactive ketones (excluding diaryl/α,β-unsaturated/α-hetero) is 1. The Morgan fingerprint density at radius 1 is 1.50 bits per heavy atom. The minimum Gasteiger partial charge on any atom is -0.496 e. The number of nitrogens with two attached hydrogens (primary N) is 1. The molecule has 1 unspecified atom stereocenters. The third-order valence-electron chi connectivity index (χ3n) is 2.74. The Morgan fingerprint density at radius 3 is 2.69 bits per heavy atom. The number of aryl methyl sites for hydroxylation is 1. The molecule has 88 valence electrons. The van der Waals surface area contributed by atoms with E-state index in [9.17, 15) is 4.79 Å². The molecule has 0 bridgehead atoms. The quantitative estimate of drug-likeness (QED) is 0.774. The van der Waals surface area contributed by atoms with E-state index < -0.39 is 0 Å². The first kappa shape index (κ1) is 12.7. The van der Waals surface area contributed by atoms with Gasteiger partial charge in [0.05, 0.1) is 12.7 Å². The maximum absolute atomic E-state index is 12.1. The number of ketones is 1. The highest BCUT2D eigenvalue weighted by atomic mass is 16.5.